The molecule has 11 heteroatoms. The first-order chi connectivity index (χ1) is 13.4. The van der Waals surface area contributed by atoms with Gasteiger partial charge in [0, 0.05) is 24.6 Å². The zero-order chi connectivity index (χ0) is 21.6. The fourth-order valence-corrected chi connectivity index (χ4v) is 5.58. The molecule has 0 aliphatic heterocycles. The number of hydrogen-bond donors (Lipinski definition) is 1. The van der Waals surface area contributed by atoms with Gasteiger partial charge in [-0.2, -0.15) is 0 Å². The van der Waals surface area contributed by atoms with Crippen LogP contribution in [0, 0.1) is 23.4 Å². The second-order valence-electron chi connectivity index (χ2n) is 6.94. The fourth-order valence-electron chi connectivity index (χ4n) is 3.37. The van der Waals surface area contributed by atoms with E-state index < -0.39 is 74.4 Å². The normalized spacial score (nSPS) is 17.6. The van der Waals surface area contributed by atoms with Crippen LogP contribution in [-0.4, -0.2) is 31.0 Å². The highest BCUT2D eigenvalue weighted by atomic mass is 32.2. The summed E-state index contributed by atoms with van der Waals surface area (Å²) in [6.45, 7) is 0. The Hall–Kier alpha value is -2.56. The van der Waals surface area contributed by atoms with Crippen molar-refractivity contribution in [2.24, 2.45) is 11.7 Å². The minimum absolute atomic E-state index is 0.233. The van der Waals surface area contributed by atoms with Crippen molar-refractivity contribution in [2.75, 3.05) is 5.75 Å². The molecule has 1 amide bonds. The monoisotopic (exact) mass is 434 g/mol. The SMILES string of the molecule is NC(=O)c1ccc(C(c2c(F)ccc(F)c2F)S(=O)(=O)CC2CC(F)(F)C2)cn1. The molecule has 1 atom stereocenters. The zero-order valence-electron chi connectivity index (χ0n) is 14.7. The van der Waals surface area contributed by atoms with E-state index in [2.05, 4.69) is 4.98 Å². The molecule has 5 nitrogen and oxygen atoms in total. The number of amides is 1. The number of aromatic nitrogens is 1. The lowest BCUT2D eigenvalue weighted by molar-refractivity contribution is -0.103. The van der Waals surface area contributed by atoms with Gasteiger partial charge in [-0.15, -0.1) is 0 Å². The number of sulfone groups is 1. The second-order valence-corrected chi connectivity index (χ2v) is 9.07. The third-order valence-corrected chi connectivity index (χ3v) is 6.85. The predicted molar refractivity (Wildman–Crippen MR) is 92.4 cm³/mol. The van der Waals surface area contributed by atoms with Crippen molar-refractivity contribution in [1.82, 2.24) is 4.98 Å². The summed E-state index contributed by atoms with van der Waals surface area (Å²) in [4.78, 5) is 14.8. The van der Waals surface area contributed by atoms with E-state index in [9.17, 15) is 35.2 Å². The Bertz CT molecular complexity index is 1050. The highest BCUT2D eigenvalue weighted by Gasteiger charge is 2.48. The van der Waals surface area contributed by atoms with Gasteiger partial charge in [-0.3, -0.25) is 9.78 Å². The van der Waals surface area contributed by atoms with Crippen LogP contribution in [0.2, 0.25) is 0 Å². The Morgan fingerprint density at radius 2 is 1.76 bits per heavy atom. The zero-order valence-corrected chi connectivity index (χ0v) is 15.5. The molecular formula is C18H15F5N2O3S. The third-order valence-electron chi connectivity index (χ3n) is 4.68. The lowest BCUT2D eigenvalue weighted by Gasteiger charge is -2.35. The predicted octanol–water partition coefficient (Wildman–Crippen LogP) is 3.15. The van der Waals surface area contributed by atoms with E-state index in [-0.39, 0.29) is 11.3 Å². The Balaban J connectivity index is 2.09. The summed E-state index contributed by atoms with van der Waals surface area (Å²) in [5, 5.41) is -2.04. The molecule has 0 bridgehead atoms. The van der Waals surface area contributed by atoms with E-state index in [4.69, 9.17) is 5.73 Å². The van der Waals surface area contributed by atoms with Gasteiger partial charge in [0.2, 0.25) is 5.92 Å². The first kappa shape index (κ1) is 21.2. The maximum Gasteiger partial charge on any atom is 0.267 e. The van der Waals surface area contributed by atoms with E-state index in [0.717, 1.165) is 18.3 Å². The molecule has 1 heterocycles. The number of pyridine rings is 1. The van der Waals surface area contributed by atoms with Gasteiger partial charge < -0.3 is 5.73 Å². The van der Waals surface area contributed by atoms with E-state index >= 15 is 0 Å². The van der Waals surface area contributed by atoms with Crippen molar-refractivity contribution < 1.29 is 35.2 Å². The van der Waals surface area contributed by atoms with E-state index in [0.29, 0.717) is 12.1 Å². The molecule has 29 heavy (non-hydrogen) atoms. The van der Waals surface area contributed by atoms with E-state index in [1.165, 1.54) is 0 Å². The summed E-state index contributed by atoms with van der Waals surface area (Å²) < 4.78 is 94.6. The van der Waals surface area contributed by atoms with Crippen LogP contribution in [0.25, 0.3) is 0 Å². The average Bonchev–Trinajstić information content (AvgIpc) is 2.60. The first-order valence-electron chi connectivity index (χ1n) is 8.40. The van der Waals surface area contributed by atoms with Crippen molar-refractivity contribution in [3.63, 3.8) is 0 Å². The summed E-state index contributed by atoms with van der Waals surface area (Å²) in [6.07, 6.45) is -0.473. The average molecular weight is 434 g/mol. The van der Waals surface area contributed by atoms with Crippen LogP contribution in [0.1, 0.15) is 39.7 Å². The number of nitrogens with zero attached hydrogens (tertiary/aromatic N) is 1. The topological polar surface area (TPSA) is 90.1 Å². The van der Waals surface area contributed by atoms with Crippen molar-refractivity contribution in [3.8, 4) is 0 Å². The quantitative estimate of drug-likeness (QED) is 0.559. The molecule has 1 saturated carbocycles. The molecule has 1 aliphatic carbocycles. The Kier molecular flexibility index (Phi) is 5.37. The van der Waals surface area contributed by atoms with Crippen LogP contribution in [0.5, 0.6) is 0 Å². The third kappa shape index (κ3) is 4.24. The van der Waals surface area contributed by atoms with Crippen LogP contribution < -0.4 is 5.73 Å². The fraction of sp³-hybridized carbons (Fsp3) is 0.333. The molecule has 0 saturated heterocycles. The lowest BCUT2D eigenvalue weighted by atomic mass is 9.83. The summed E-state index contributed by atoms with van der Waals surface area (Å²) in [5.74, 6) is -10.1. The molecule has 1 aromatic carbocycles. The summed E-state index contributed by atoms with van der Waals surface area (Å²) >= 11 is 0. The van der Waals surface area contributed by atoms with E-state index in [1.54, 1.807) is 0 Å². The maximum absolute atomic E-state index is 14.4. The summed E-state index contributed by atoms with van der Waals surface area (Å²) in [7, 11) is -4.47. The molecule has 2 N–H and O–H groups in total. The molecule has 1 fully saturated rings. The van der Waals surface area contributed by atoms with Gasteiger partial charge in [0.1, 0.15) is 16.8 Å². The van der Waals surface area contributed by atoms with Crippen LogP contribution >= 0.6 is 0 Å². The number of alkyl halides is 2. The van der Waals surface area contributed by atoms with Gasteiger partial charge in [-0.05, 0) is 29.7 Å². The number of primary amides is 1. The lowest BCUT2D eigenvalue weighted by Crippen LogP contribution is -2.40. The van der Waals surface area contributed by atoms with Crippen LogP contribution in [0.15, 0.2) is 30.5 Å². The second kappa shape index (κ2) is 7.36. The number of hydrogen-bond acceptors (Lipinski definition) is 4. The van der Waals surface area contributed by atoms with Crippen molar-refractivity contribution >= 4 is 15.7 Å². The number of nitrogens with two attached hydrogens (primary N) is 1. The van der Waals surface area contributed by atoms with Crippen LogP contribution in [0.3, 0.4) is 0 Å². The van der Waals surface area contributed by atoms with Crippen molar-refractivity contribution in [1.29, 1.82) is 0 Å². The van der Waals surface area contributed by atoms with Crippen LogP contribution in [-0.2, 0) is 9.84 Å². The molecule has 1 aliphatic rings. The largest absolute Gasteiger partial charge is 0.364 e. The minimum atomic E-state index is -4.47. The molecular weight excluding hydrogens is 419 g/mol. The molecule has 1 unspecified atom stereocenters. The highest BCUT2D eigenvalue weighted by Crippen LogP contribution is 2.45. The molecule has 1 aromatic heterocycles. The number of carbonyl (C=O) groups is 1. The van der Waals surface area contributed by atoms with Crippen LogP contribution in [0.4, 0.5) is 22.0 Å². The Labute approximate surface area is 162 Å². The molecule has 156 valence electrons. The van der Waals surface area contributed by atoms with E-state index in [1.807, 2.05) is 0 Å². The number of carbonyl (C=O) groups excluding carboxylic acids is 1. The maximum atomic E-state index is 14.4. The number of halogens is 5. The Morgan fingerprint density at radius 3 is 2.28 bits per heavy atom. The smallest absolute Gasteiger partial charge is 0.267 e. The summed E-state index contributed by atoms with van der Waals surface area (Å²) in [6, 6.07) is 3.18. The van der Waals surface area contributed by atoms with Gasteiger partial charge in [0.25, 0.3) is 5.91 Å². The minimum Gasteiger partial charge on any atom is -0.364 e. The highest BCUT2D eigenvalue weighted by molar-refractivity contribution is 7.91. The van der Waals surface area contributed by atoms with Crippen molar-refractivity contribution in [3.05, 3.63) is 64.7 Å². The van der Waals surface area contributed by atoms with Gasteiger partial charge in [-0.1, -0.05) is 6.07 Å². The molecule has 0 radical (unpaired) electrons. The molecule has 2 aromatic rings. The van der Waals surface area contributed by atoms with Gasteiger partial charge in [0.05, 0.1) is 5.75 Å². The van der Waals surface area contributed by atoms with Crippen molar-refractivity contribution in [2.45, 2.75) is 24.0 Å². The van der Waals surface area contributed by atoms with Gasteiger partial charge >= 0.3 is 0 Å². The molecule has 0 spiro atoms. The van der Waals surface area contributed by atoms with Gasteiger partial charge in [-0.25, -0.2) is 30.4 Å². The first-order valence-corrected chi connectivity index (χ1v) is 10.1. The standard InChI is InChI=1S/C18H15F5N2O3S/c19-11-2-3-12(20)15(21)14(11)16(10-1-4-13(17(24)26)25-7-10)29(27,28)8-9-5-18(22,23)6-9/h1-4,7,9,16H,5-6,8H2,(H2,24,26). The number of rotatable bonds is 6. The number of benzene rings is 1. The Morgan fingerprint density at radius 1 is 1.14 bits per heavy atom. The van der Waals surface area contributed by atoms with Gasteiger partial charge in [0.15, 0.2) is 21.5 Å². The molecule has 3 rings (SSSR count). The summed E-state index contributed by atoms with van der Waals surface area (Å²) in [5.41, 5.74) is 3.49.